The molecule has 1 aliphatic rings. The second-order valence-corrected chi connectivity index (χ2v) is 6.83. The van der Waals surface area contributed by atoms with E-state index >= 15 is 0 Å². The summed E-state index contributed by atoms with van der Waals surface area (Å²) >= 11 is 0. The summed E-state index contributed by atoms with van der Waals surface area (Å²) in [5, 5.41) is 0. The van der Waals surface area contributed by atoms with E-state index in [1.807, 2.05) is 0 Å². The van der Waals surface area contributed by atoms with Crippen LogP contribution in [0, 0.1) is 6.92 Å². The number of carbonyl (C=O) groups excluding carboxylic acids is 4. The second-order valence-electron chi connectivity index (χ2n) is 6.83. The van der Waals surface area contributed by atoms with E-state index in [0.717, 1.165) is 0 Å². The van der Waals surface area contributed by atoms with Gasteiger partial charge in [-0.05, 0) is 30.2 Å². The van der Waals surface area contributed by atoms with Crippen LogP contribution in [0.25, 0.3) is 0 Å². The maximum Gasteiger partial charge on any atom is 0.308 e. The molecular weight excluding hydrogens is 392 g/mol. The van der Waals surface area contributed by atoms with E-state index in [-0.39, 0.29) is 35.0 Å². The molecule has 0 saturated heterocycles. The Hall–Kier alpha value is -3.68. The van der Waals surface area contributed by atoms with Gasteiger partial charge in [-0.3, -0.25) is 19.2 Å². The lowest BCUT2D eigenvalue weighted by Crippen LogP contribution is -2.22. The normalized spacial score (nSPS) is 14.9. The number of ketones is 1. The molecule has 30 heavy (non-hydrogen) atoms. The molecule has 0 aliphatic carbocycles. The van der Waals surface area contributed by atoms with Crippen molar-refractivity contribution in [3.05, 3.63) is 47.0 Å². The van der Waals surface area contributed by atoms with Crippen LogP contribution in [-0.4, -0.2) is 23.7 Å². The van der Waals surface area contributed by atoms with Crippen LogP contribution in [0.1, 0.15) is 54.8 Å². The van der Waals surface area contributed by atoms with Crippen molar-refractivity contribution in [2.24, 2.45) is 0 Å². The highest BCUT2D eigenvalue weighted by atomic mass is 16.6. The Bertz CT molecular complexity index is 1050. The third-order valence-corrected chi connectivity index (χ3v) is 4.30. The van der Waals surface area contributed by atoms with Gasteiger partial charge in [-0.25, -0.2) is 0 Å². The minimum Gasteiger partial charge on any atom is -0.484 e. The molecule has 1 atom stereocenters. The molecule has 0 radical (unpaired) electrons. The van der Waals surface area contributed by atoms with E-state index in [2.05, 4.69) is 0 Å². The average molecular weight is 412 g/mol. The van der Waals surface area contributed by atoms with E-state index < -0.39 is 24.0 Å². The molecule has 2 aromatic rings. The van der Waals surface area contributed by atoms with Crippen molar-refractivity contribution in [3.8, 4) is 23.0 Å². The summed E-state index contributed by atoms with van der Waals surface area (Å²) in [6, 6.07) is 7.82. The molecule has 8 nitrogen and oxygen atoms in total. The van der Waals surface area contributed by atoms with Gasteiger partial charge in [0.25, 0.3) is 0 Å². The van der Waals surface area contributed by atoms with Crippen molar-refractivity contribution in [2.75, 3.05) is 0 Å². The van der Waals surface area contributed by atoms with E-state index in [1.165, 1.54) is 32.9 Å². The van der Waals surface area contributed by atoms with Crippen LogP contribution in [0.5, 0.6) is 23.0 Å². The van der Waals surface area contributed by atoms with E-state index in [1.54, 1.807) is 25.1 Å². The second kappa shape index (κ2) is 8.36. The number of Topliss-reactive ketones (excluding diaryl/α,β-unsaturated/α-hetero) is 1. The first kappa shape index (κ1) is 21.0. The quantitative estimate of drug-likeness (QED) is 0.555. The van der Waals surface area contributed by atoms with Gasteiger partial charge in [0, 0.05) is 32.9 Å². The molecule has 0 fully saturated rings. The largest absolute Gasteiger partial charge is 0.484 e. The summed E-state index contributed by atoms with van der Waals surface area (Å²) in [4.78, 5) is 46.8. The molecule has 1 heterocycles. The Kier molecular flexibility index (Phi) is 5.86. The molecule has 3 rings (SSSR count). The van der Waals surface area contributed by atoms with Crippen LogP contribution in [0.3, 0.4) is 0 Å². The van der Waals surface area contributed by atoms with Crippen molar-refractivity contribution >= 4 is 23.7 Å². The minimum atomic E-state index is -0.621. The van der Waals surface area contributed by atoms with E-state index in [0.29, 0.717) is 16.9 Å². The van der Waals surface area contributed by atoms with Crippen LogP contribution in [-0.2, 0) is 14.4 Å². The summed E-state index contributed by atoms with van der Waals surface area (Å²) in [5.74, 6) is -1.28. The van der Waals surface area contributed by atoms with Gasteiger partial charge < -0.3 is 18.9 Å². The first-order valence-corrected chi connectivity index (χ1v) is 9.17. The van der Waals surface area contributed by atoms with Crippen LogP contribution in [0.15, 0.2) is 30.3 Å². The summed E-state index contributed by atoms with van der Waals surface area (Å²) in [6.07, 6.45) is -0.603. The summed E-state index contributed by atoms with van der Waals surface area (Å²) in [7, 11) is 0. The molecule has 0 bridgehead atoms. The molecule has 0 spiro atoms. The zero-order chi connectivity index (χ0) is 22.0. The lowest BCUT2D eigenvalue weighted by Gasteiger charge is -2.27. The third kappa shape index (κ3) is 4.65. The molecule has 0 unspecified atom stereocenters. The number of esters is 3. The fourth-order valence-electron chi connectivity index (χ4n) is 3.19. The summed E-state index contributed by atoms with van der Waals surface area (Å²) in [6.45, 7) is 5.52. The fourth-order valence-corrected chi connectivity index (χ4v) is 3.19. The molecule has 0 amide bonds. The van der Waals surface area contributed by atoms with Crippen LogP contribution < -0.4 is 18.9 Å². The molecule has 0 N–H and O–H groups in total. The van der Waals surface area contributed by atoms with Gasteiger partial charge in [0.05, 0.1) is 6.42 Å². The number of aryl methyl sites for hydroxylation is 1. The van der Waals surface area contributed by atoms with Crippen molar-refractivity contribution < 1.29 is 38.1 Å². The van der Waals surface area contributed by atoms with Gasteiger partial charge in [-0.2, -0.15) is 0 Å². The Balaban J connectivity index is 1.98. The van der Waals surface area contributed by atoms with Crippen LogP contribution >= 0.6 is 0 Å². The minimum absolute atomic E-state index is 0.0144. The molecule has 156 valence electrons. The van der Waals surface area contributed by atoms with Gasteiger partial charge in [0.15, 0.2) is 5.78 Å². The fraction of sp³-hybridized carbons (Fsp3) is 0.273. The van der Waals surface area contributed by atoms with Crippen molar-refractivity contribution in [3.63, 3.8) is 0 Å². The number of carbonyl (C=O) groups is 4. The number of rotatable bonds is 4. The third-order valence-electron chi connectivity index (χ3n) is 4.30. The summed E-state index contributed by atoms with van der Waals surface area (Å²) < 4.78 is 21.3. The van der Waals surface area contributed by atoms with Crippen LogP contribution in [0.4, 0.5) is 0 Å². The molecule has 2 aromatic carbocycles. The maximum absolute atomic E-state index is 12.9. The molecule has 0 saturated carbocycles. The SMILES string of the molecule is CC(=O)Oc1cc(OC(C)=O)c2c(c1)O[C@H](c1ccc(OC(C)=O)c(C)c1)CC2=O. The molecule has 8 heteroatoms. The molecule has 0 aromatic heterocycles. The highest BCUT2D eigenvalue weighted by Crippen LogP contribution is 2.43. The predicted molar refractivity (Wildman–Crippen MR) is 104 cm³/mol. The number of benzene rings is 2. The molecular formula is C22H20O8. The van der Waals surface area contributed by atoms with Crippen molar-refractivity contribution in [1.29, 1.82) is 0 Å². The number of fused-ring (bicyclic) bond motifs is 1. The van der Waals surface area contributed by atoms with Gasteiger partial charge >= 0.3 is 17.9 Å². The highest BCUT2D eigenvalue weighted by Gasteiger charge is 2.32. The summed E-state index contributed by atoms with van der Waals surface area (Å²) in [5.41, 5.74) is 1.53. The zero-order valence-electron chi connectivity index (χ0n) is 16.9. The smallest absolute Gasteiger partial charge is 0.308 e. The van der Waals surface area contributed by atoms with Crippen molar-refractivity contribution in [2.45, 2.75) is 40.2 Å². The number of hydrogen-bond donors (Lipinski definition) is 0. The topological polar surface area (TPSA) is 105 Å². The van der Waals surface area contributed by atoms with Gasteiger partial charge in [-0.15, -0.1) is 0 Å². The predicted octanol–water partition coefficient (Wildman–Crippen LogP) is 3.48. The standard InChI is InChI=1S/C22H20O8/c1-11-7-15(5-6-18(11)28-13(3)24)19-10-17(26)22-20(29-14(4)25)8-16(27-12(2)23)9-21(22)30-19/h5-9,19H,10H2,1-4H3/t19-/m0/s1. The van der Waals surface area contributed by atoms with Crippen LogP contribution in [0.2, 0.25) is 0 Å². The van der Waals surface area contributed by atoms with E-state index in [4.69, 9.17) is 18.9 Å². The zero-order valence-corrected chi connectivity index (χ0v) is 16.9. The lowest BCUT2D eigenvalue weighted by atomic mass is 9.94. The van der Waals surface area contributed by atoms with Gasteiger partial charge in [0.2, 0.25) is 0 Å². The average Bonchev–Trinajstić information content (AvgIpc) is 2.61. The van der Waals surface area contributed by atoms with Gasteiger partial charge in [0.1, 0.15) is 34.7 Å². The Morgan fingerprint density at radius 3 is 2.13 bits per heavy atom. The Morgan fingerprint density at radius 2 is 1.53 bits per heavy atom. The number of hydrogen-bond acceptors (Lipinski definition) is 8. The molecule has 1 aliphatic heterocycles. The first-order chi connectivity index (χ1) is 14.1. The highest BCUT2D eigenvalue weighted by molar-refractivity contribution is 6.03. The van der Waals surface area contributed by atoms with E-state index in [9.17, 15) is 19.2 Å². The number of ether oxygens (including phenoxy) is 4. The maximum atomic E-state index is 12.9. The first-order valence-electron chi connectivity index (χ1n) is 9.17. The monoisotopic (exact) mass is 412 g/mol. The Morgan fingerprint density at radius 1 is 0.900 bits per heavy atom. The Labute approximate surface area is 172 Å². The van der Waals surface area contributed by atoms with Gasteiger partial charge in [-0.1, -0.05) is 6.07 Å². The lowest BCUT2D eigenvalue weighted by molar-refractivity contribution is -0.133. The van der Waals surface area contributed by atoms with Crippen molar-refractivity contribution in [1.82, 2.24) is 0 Å².